The van der Waals surface area contributed by atoms with Crippen molar-refractivity contribution in [3.63, 3.8) is 0 Å². The molecule has 1 aliphatic carbocycles. The third-order valence-electron chi connectivity index (χ3n) is 5.05. The Morgan fingerprint density at radius 3 is 2.80 bits per heavy atom. The third-order valence-corrected chi connectivity index (χ3v) is 5.30. The molecule has 4 rings (SSSR count). The van der Waals surface area contributed by atoms with Gasteiger partial charge in [-0.15, -0.1) is 0 Å². The fraction of sp³-hybridized carbons (Fsp3) is 0.273. The molecule has 2 aromatic rings. The number of fused-ring (bicyclic) bond motifs is 3. The first-order chi connectivity index (χ1) is 12.1. The number of allylic oxidation sites excluding steroid dienone is 2. The molecule has 3 atom stereocenters. The second kappa shape index (κ2) is 6.61. The summed E-state index contributed by atoms with van der Waals surface area (Å²) in [6.07, 6.45) is 5.73. The average molecular weight is 352 g/mol. The summed E-state index contributed by atoms with van der Waals surface area (Å²) in [6, 6.07) is 14.8. The van der Waals surface area contributed by atoms with Crippen LogP contribution in [0.4, 0.5) is 5.69 Å². The van der Waals surface area contributed by atoms with E-state index in [0.717, 1.165) is 22.8 Å². The van der Waals surface area contributed by atoms with E-state index in [2.05, 4.69) is 48.3 Å². The quantitative estimate of drug-likeness (QED) is 0.670. The Bertz CT molecular complexity index is 824. The van der Waals surface area contributed by atoms with Gasteiger partial charge in [0, 0.05) is 16.6 Å². The summed E-state index contributed by atoms with van der Waals surface area (Å²) in [6.45, 7) is 6.44. The fourth-order valence-corrected chi connectivity index (χ4v) is 3.99. The van der Waals surface area contributed by atoms with Crippen molar-refractivity contribution in [3.8, 4) is 5.75 Å². The summed E-state index contributed by atoms with van der Waals surface area (Å²) in [5.41, 5.74) is 4.83. The zero-order valence-corrected chi connectivity index (χ0v) is 15.1. The van der Waals surface area contributed by atoms with Crippen LogP contribution in [-0.2, 0) is 0 Å². The van der Waals surface area contributed by atoms with Gasteiger partial charge in [0.25, 0.3) is 0 Å². The molecule has 1 N–H and O–H groups in total. The smallest absolute Gasteiger partial charge is 0.120 e. The van der Waals surface area contributed by atoms with Crippen LogP contribution in [-0.4, -0.2) is 6.61 Å². The highest BCUT2D eigenvalue weighted by molar-refractivity contribution is 6.30. The summed E-state index contributed by atoms with van der Waals surface area (Å²) in [4.78, 5) is 0. The second-order valence-corrected chi connectivity index (χ2v) is 7.46. The van der Waals surface area contributed by atoms with Gasteiger partial charge >= 0.3 is 0 Å². The lowest BCUT2D eigenvalue weighted by Crippen LogP contribution is -2.29. The van der Waals surface area contributed by atoms with Gasteiger partial charge in [-0.3, -0.25) is 0 Å². The van der Waals surface area contributed by atoms with Crippen molar-refractivity contribution < 1.29 is 4.74 Å². The standard InChI is InChI=1S/C22H22ClNO/c1-14(2)13-25-17-10-11-21-20(12-17)18-4-3-5-19(18)22(24-21)15-6-8-16(23)9-7-15/h3-4,6-12,18-19,22,24H,1,5,13H2,2H3. The number of rotatable bonds is 4. The topological polar surface area (TPSA) is 21.3 Å². The maximum absolute atomic E-state index is 6.06. The molecule has 3 heteroatoms. The van der Waals surface area contributed by atoms with E-state index in [1.807, 2.05) is 25.1 Å². The molecule has 3 unspecified atom stereocenters. The predicted molar refractivity (Wildman–Crippen MR) is 105 cm³/mol. The Hall–Kier alpha value is -2.19. The van der Waals surface area contributed by atoms with Crippen molar-refractivity contribution >= 4 is 17.3 Å². The highest BCUT2D eigenvalue weighted by Crippen LogP contribution is 2.50. The Kier molecular flexibility index (Phi) is 4.30. The van der Waals surface area contributed by atoms with Crippen molar-refractivity contribution in [3.05, 3.63) is 82.9 Å². The molecule has 1 aliphatic heterocycles. The first kappa shape index (κ1) is 16.3. The Morgan fingerprint density at radius 2 is 2.04 bits per heavy atom. The van der Waals surface area contributed by atoms with Crippen LogP contribution in [0.15, 0.2) is 66.8 Å². The van der Waals surface area contributed by atoms with Gasteiger partial charge in [-0.1, -0.05) is 42.5 Å². The van der Waals surface area contributed by atoms with Gasteiger partial charge in [-0.2, -0.15) is 0 Å². The van der Waals surface area contributed by atoms with Crippen LogP contribution in [0.2, 0.25) is 5.02 Å². The lowest BCUT2D eigenvalue weighted by atomic mass is 9.77. The van der Waals surface area contributed by atoms with E-state index in [0.29, 0.717) is 24.5 Å². The molecular weight excluding hydrogens is 330 g/mol. The van der Waals surface area contributed by atoms with E-state index in [1.54, 1.807) is 0 Å². The van der Waals surface area contributed by atoms with Crippen LogP contribution in [0.3, 0.4) is 0 Å². The van der Waals surface area contributed by atoms with Gasteiger partial charge in [0.1, 0.15) is 12.4 Å². The van der Waals surface area contributed by atoms with Crippen LogP contribution in [0.1, 0.15) is 36.4 Å². The number of anilines is 1. The van der Waals surface area contributed by atoms with Crippen molar-refractivity contribution in [1.82, 2.24) is 0 Å². The summed E-state index contributed by atoms with van der Waals surface area (Å²) in [7, 11) is 0. The molecule has 0 bridgehead atoms. The van der Waals surface area contributed by atoms with E-state index in [-0.39, 0.29) is 0 Å². The zero-order chi connectivity index (χ0) is 17.4. The van der Waals surface area contributed by atoms with Crippen LogP contribution in [0.25, 0.3) is 0 Å². The molecule has 2 aliphatic rings. The van der Waals surface area contributed by atoms with E-state index in [1.165, 1.54) is 16.8 Å². The second-order valence-electron chi connectivity index (χ2n) is 7.02. The molecule has 0 aromatic heterocycles. The van der Waals surface area contributed by atoms with Gasteiger partial charge < -0.3 is 10.1 Å². The van der Waals surface area contributed by atoms with Crippen LogP contribution < -0.4 is 10.1 Å². The SMILES string of the molecule is C=C(C)COc1ccc2c(c1)C1C=CCC1C(c1ccc(Cl)cc1)N2. The molecular formula is C22H22ClNO. The molecule has 2 nitrogen and oxygen atoms in total. The maximum Gasteiger partial charge on any atom is 0.120 e. The van der Waals surface area contributed by atoms with Gasteiger partial charge in [-0.05, 0) is 66.3 Å². The van der Waals surface area contributed by atoms with Crippen molar-refractivity contribution in [2.75, 3.05) is 11.9 Å². The Labute approximate surface area is 154 Å². The first-order valence-corrected chi connectivity index (χ1v) is 9.09. The van der Waals surface area contributed by atoms with Crippen LogP contribution in [0, 0.1) is 5.92 Å². The summed E-state index contributed by atoms with van der Waals surface area (Å²) >= 11 is 6.06. The molecule has 1 heterocycles. The molecule has 25 heavy (non-hydrogen) atoms. The largest absolute Gasteiger partial charge is 0.489 e. The summed E-state index contributed by atoms with van der Waals surface area (Å²) < 4.78 is 5.84. The van der Waals surface area contributed by atoms with Gasteiger partial charge in [0.2, 0.25) is 0 Å². The minimum Gasteiger partial charge on any atom is -0.489 e. The average Bonchev–Trinajstić information content (AvgIpc) is 3.10. The van der Waals surface area contributed by atoms with E-state index in [4.69, 9.17) is 16.3 Å². The molecule has 128 valence electrons. The molecule has 0 spiro atoms. The van der Waals surface area contributed by atoms with Gasteiger partial charge in [-0.25, -0.2) is 0 Å². The molecule has 0 saturated heterocycles. The highest BCUT2D eigenvalue weighted by atomic mass is 35.5. The van der Waals surface area contributed by atoms with Crippen molar-refractivity contribution in [2.24, 2.45) is 5.92 Å². The van der Waals surface area contributed by atoms with Crippen LogP contribution in [0.5, 0.6) is 5.75 Å². The van der Waals surface area contributed by atoms with Gasteiger partial charge in [0.15, 0.2) is 0 Å². The highest BCUT2D eigenvalue weighted by Gasteiger charge is 2.37. The number of halogens is 1. The molecule has 0 fully saturated rings. The molecule has 0 saturated carbocycles. The predicted octanol–water partition coefficient (Wildman–Crippen LogP) is 6.12. The number of nitrogens with one attached hydrogen (secondary N) is 1. The normalized spacial score (nSPS) is 23.5. The number of hydrogen-bond donors (Lipinski definition) is 1. The lowest BCUT2D eigenvalue weighted by molar-refractivity contribution is 0.350. The minimum absolute atomic E-state index is 0.298. The van der Waals surface area contributed by atoms with Crippen molar-refractivity contribution in [1.29, 1.82) is 0 Å². The maximum atomic E-state index is 6.06. The van der Waals surface area contributed by atoms with Gasteiger partial charge in [0.05, 0.1) is 6.04 Å². The van der Waals surface area contributed by atoms with E-state index in [9.17, 15) is 0 Å². The van der Waals surface area contributed by atoms with E-state index >= 15 is 0 Å². The minimum atomic E-state index is 0.298. The molecule has 0 radical (unpaired) electrons. The van der Waals surface area contributed by atoms with Crippen molar-refractivity contribution in [2.45, 2.75) is 25.3 Å². The number of ether oxygens (including phenoxy) is 1. The summed E-state index contributed by atoms with van der Waals surface area (Å²) in [5, 5.41) is 4.52. The molecule has 2 aromatic carbocycles. The Morgan fingerprint density at radius 1 is 1.24 bits per heavy atom. The third kappa shape index (κ3) is 3.19. The fourth-order valence-electron chi connectivity index (χ4n) is 3.87. The molecule has 0 amide bonds. The van der Waals surface area contributed by atoms with E-state index < -0.39 is 0 Å². The summed E-state index contributed by atoms with van der Waals surface area (Å²) in [5.74, 6) is 1.85. The van der Waals surface area contributed by atoms with Crippen LogP contribution >= 0.6 is 11.6 Å². The first-order valence-electron chi connectivity index (χ1n) is 8.71. The Balaban J connectivity index is 1.66. The number of benzene rings is 2. The lowest BCUT2D eigenvalue weighted by Gasteiger charge is -2.37. The monoisotopic (exact) mass is 351 g/mol. The zero-order valence-electron chi connectivity index (χ0n) is 14.3. The number of hydrogen-bond acceptors (Lipinski definition) is 2.